The minimum Gasteiger partial charge on any atom is -0.382 e. The third kappa shape index (κ3) is 4.39. The second-order valence-electron chi connectivity index (χ2n) is 5.61. The van der Waals surface area contributed by atoms with Gasteiger partial charge in [0.25, 0.3) is 0 Å². The minimum absolute atomic E-state index is 0.156. The fraction of sp³-hybridized carbons (Fsp3) is 1.00. The van der Waals surface area contributed by atoms with E-state index >= 15 is 0 Å². The molecule has 1 aliphatic carbocycles. The molecular weight excluding hydrogens is 312 g/mol. The summed E-state index contributed by atoms with van der Waals surface area (Å²) in [6, 6.07) is 0. The van der Waals surface area contributed by atoms with Gasteiger partial charge in [-0.3, -0.25) is 0 Å². The first-order valence-corrected chi connectivity index (χ1v) is 8.07. The quantitative estimate of drug-likeness (QED) is 0.551. The van der Waals surface area contributed by atoms with Crippen LogP contribution in [-0.4, -0.2) is 55.7 Å². The van der Waals surface area contributed by atoms with Crippen molar-refractivity contribution in [2.75, 3.05) is 20.3 Å². The molecule has 4 nitrogen and oxygen atoms in total. The maximum Gasteiger partial charge on any atom is 0.0963 e. The van der Waals surface area contributed by atoms with Gasteiger partial charge in [0, 0.05) is 11.9 Å². The lowest BCUT2D eigenvalue weighted by Crippen LogP contribution is -2.53. The summed E-state index contributed by atoms with van der Waals surface area (Å²) in [4.78, 5) is 0.407. The molecule has 5 unspecified atom stereocenters. The van der Waals surface area contributed by atoms with Gasteiger partial charge in [0.1, 0.15) is 0 Å². The SMILES string of the molecule is COCCOC1C(Br)CC1OC1CC(C)OC(C)C1. The predicted molar refractivity (Wildman–Crippen MR) is 76.9 cm³/mol. The zero-order valence-corrected chi connectivity index (χ0v) is 13.6. The average Bonchev–Trinajstić information content (AvgIpc) is 2.33. The Morgan fingerprint density at radius 2 is 1.79 bits per heavy atom. The van der Waals surface area contributed by atoms with Gasteiger partial charge in [-0.05, 0) is 33.1 Å². The van der Waals surface area contributed by atoms with E-state index in [0.29, 0.717) is 36.4 Å². The Bertz CT molecular complexity index is 266. The summed E-state index contributed by atoms with van der Waals surface area (Å²) >= 11 is 3.64. The van der Waals surface area contributed by atoms with Crippen molar-refractivity contribution in [3.8, 4) is 0 Å². The second kappa shape index (κ2) is 7.36. The van der Waals surface area contributed by atoms with Gasteiger partial charge in [-0.1, -0.05) is 15.9 Å². The molecule has 0 spiro atoms. The van der Waals surface area contributed by atoms with E-state index in [4.69, 9.17) is 18.9 Å². The first-order valence-electron chi connectivity index (χ1n) is 7.15. The normalized spacial score (nSPS) is 42.9. The Balaban J connectivity index is 1.75. The Kier molecular flexibility index (Phi) is 6.09. The summed E-state index contributed by atoms with van der Waals surface area (Å²) in [7, 11) is 1.69. The second-order valence-corrected chi connectivity index (χ2v) is 6.78. The van der Waals surface area contributed by atoms with E-state index < -0.39 is 0 Å². The smallest absolute Gasteiger partial charge is 0.0963 e. The maximum atomic E-state index is 6.21. The highest BCUT2D eigenvalue weighted by Gasteiger charge is 2.43. The topological polar surface area (TPSA) is 36.9 Å². The van der Waals surface area contributed by atoms with Gasteiger partial charge in [0.15, 0.2) is 0 Å². The van der Waals surface area contributed by atoms with Crippen LogP contribution in [0.3, 0.4) is 0 Å². The van der Waals surface area contributed by atoms with Crippen molar-refractivity contribution in [3.63, 3.8) is 0 Å². The van der Waals surface area contributed by atoms with Gasteiger partial charge in [-0.15, -0.1) is 0 Å². The van der Waals surface area contributed by atoms with Gasteiger partial charge in [0.2, 0.25) is 0 Å². The molecule has 1 aliphatic heterocycles. The van der Waals surface area contributed by atoms with Crippen LogP contribution in [0, 0.1) is 0 Å². The summed E-state index contributed by atoms with van der Waals surface area (Å²) in [6.45, 7) is 5.50. The van der Waals surface area contributed by atoms with Crippen LogP contribution in [0.5, 0.6) is 0 Å². The molecule has 1 heterocycles. The molecule has 1 saturated heterocycles. The molecular formula is C14H25BrO4. The van der Waals surface area contributed by atoms with E-state index in [0.717, 1.165) is 19.3 Å². The first-order chi connectivity index (χ1) is 9.10. The molecule has 2 fully saturated rings. The van der Waals surface area contributed by atoms with E-state index in [9.17, 15) is 0 Å². The highest BCUT2D eigenvalue weighted by molar-refractivity contribution is 9.09. The molecule has 1 saturated carbocycles. The van der Waals surface area contributed by atoms with Crippen molar-refractivity contribution < 1.29 is 18.9 Å². The van der Waals surface area contributed by atoms with E-state index in [-0.39, 0.29) is 12.2 Å². The van der Waals surface area contributed by atoms with Gasteiger partial charge in [0.05, 0.1) is 43.7 Å². The maximum absolute atomic E-state index is 6.21. The van der Waals surface area contributed by atoms with Crippen molar-refractivity contribution in [1.29, 1.82) is 0 Å². The molecule has 0 aromatic rings. The molecule has 5 heteroatoms. The Morgan fingerprint density at radius 1 is 1.11 bits per heavy atom. The van der Waals surface area contributed by atoms with Crippen molar-refractivity contribution >= 4 is 15.9 Å². The monoisotopic (exact) mass is 336 g/mol. The van der Waals surface area contributed by atoms with Gasteiger partial charge >= 0.3 is 0 Å². The number of halogens is 1. The molecule has 0 N–H and O–H groups in total. The van der Waals surface area contributed by atoms with Crippen LogP contribution in [-0.2, 0) is 18.9 Å². The third-order valence-corrected chi connectivity index (χ3v) is 4.69. The number of hydrogen-bond donors (Lipinski definition) is 0. The zero-order valence-electron chi connectivity index (χ0n) is 12.0. The lowest BCUT2D eigenvalue weighted by molar-refractivity contribution is -0.180. The largest absolute Gasteiger partial charge is 0.382 e. The van der Waals surface area contributed by atoms with Gasteiger partial charge in [-0.2, -0.15) is 0 Å². The number of methoxy groups -OCH3 is 1. The van der Waals surface area contributed by atoms with Crippen molar-refractivity contribution in [2.45, 2.75) is 68.5 Å². The van der Waals surface area contributed by atoms with Crippen LogP contribution >= 0.6 is 15.9 Å². The number of hydrogen-bond acceptors (Lipinski definition) is 4. The Hall–Kier alpha value is 0.320. The van der Waals surface area contributed by atoms with Crippen LogP contribution < -0.4 is 0 Å². The van der Waals surface area contributed by atoms with E-state index in [1.165, 1.54) is 0 Å². The van der Waals surface area contributed by atoms with E-state index in [1.807, 2.05) is 0 Å². The first kappa shape index (κ1) is 15.7. The molecule has 19 heavy (non-hydrogen) atoms. The predicted octanol–water partition coefficient (Wildman–Crippen LogP) is 2.53. The lowest BCUT2D eigenvalue weighted by atomic mass is 9.90. The summed E-state index contributed by atoms with van der Waals surface area (Å²) in [5.74, 6) is 0. The fourth-order valence-electron chi connectivity index (χ4n) is 2.84. The van der Waals surface area contributed by atoms with Crippen LogP contribution in [0.1, 0.15) is 33.1 Å². The van der Waals surface area contributed by atoms with Crippen molar-refractivity contribution in [2.24, 2.45) is 0 Å². The molecule has 0 radical (unpaired) electrons. The number of alkyl halides is 1. The molecule has 5 atom stereocenters. The molecule has 0 aromatic carbocycles. The standard InChI is InChI=1S/C14H25BrO4/c1-9-6-11(7-10(2)18-9)19-13-8-12(15)14(13)17-5-4-16-3/h9-14H,4-8H2,1-3H3. The summed E-state index contributed by atoms with van der Waals surface area (Å²) in [6.07, 6.45) is 4.25. The van der Waals surface area contributed by atoms with Crippen LogP contribution in [0.2, 0.25) is 0 Å². The van der Waals surface area contributed by atoms with Gasteiger partial charge in [-0.25, -0.2) is 0 Å². The summed E-state index contributed by atoms with van der Waals surface area (Å²) in [5, 5.41) is 0. The Labute approximate surface area is 124 Å². The Morgan fingerprint density at radius 3 is 2.37 bits per heavy atom. The molecule has 2 rings (SSSR count). The summed E-state index contributed by atoms with van der Waals surface area (Å²) in [5.41, 5.74) is 0. The molecule has 0 bridgehead atoms. The minimum atomic E-state index is 0.156. The van der Waals surface area contributed by atoms with Crippen LogP contribution in [0.4, 0.5) is 0 Å². The van der Waals surface area contributed by atoms with Crippen molar-refractivity contribution in [1.82, 2.24) is 0 Å². The van der Waals surface area contributed by atoms with Crippen molar-refractivity contribution in [3.05, 3.63) is 0 Å². The van der Waals surface area contributed by atoms with Crippen LogP contribution in [0.25, 0.3) is 0 Å². The third-order valence-electron chi connectivity index (χ3n) is 3.80. The van der Waals surface area contributed by atoms with E-state index in [2.05, 4.69) is 29.8 Å². The molecule has 2 aliphatic rings. The zero-order chi connectivity index (χ0) is 13.8. The number of rotatable bonds is 6. The molecule has 0 aromatic heterocycles. The van der Waals surface area contributed by atoms with Gasteiger partial charge < -0.3 is 18.9 Å². The fourth-order valence-corrected chi connectivity index (χ4v) is 3.70. The number of ether oxygens (including phenoxy) is 4. The van der Waals surface area contributed by atoms with E-state index in [1.54, 1.807) is 7.11 Å². The molecule has 0 amide bonds. The highest BCUT2D eigenvalue weighted by atomic mass is 79.9. The summed E-state index contributed by atoms with van der Waals surface area (Å²) < 4.78 is 22.8. The highest BCUT2D eigenvalue weighted by Crippen LogP contribution is 2.36. The van der Waals surface area contributed by atoms with Crippen LogP contribution in [0.15, 0.2) is 0 Å². The molecule has 112 valence electrons. The average molecular weight is 337 g/mol. The lowest BCUT2D eigenvalue weighted by Gasteiger charge is -2.44.